The standard InChI is InChI=1S/C16H24O3/c1-3-4-5-6-7-8-13(12-17)15-11-14(19-2)9-10-16(15)18/h9-13,18H,3-8H2,1-2H3. The molecular weight excluding hydrogens is 240 g/mol. The van der Waals surface area contributed by atoms with E-state index in [1.54, 1.807) is 25.3 Å². The molecule has 1 rings (SSSR count). The van der Waals surface area contributed by atoms with Crippen molar-refractivity contribution in [3.63, 3.8) is 0 Å². The van der Waals surface area contributed by atoms with Gasteiger partial charge in [0.15, 0.2) is 0 Å². The summed E-state index contributed by atoms with van der Waals surface area (Å²) in [4.78, 5) is 11.2. The fourth-order valence-corrected chi connectivity index (χ4v) is 2.22. The number of hydrogen-bond acceptors (Lipinski definition) is 3. The summed E-state index contributed by atoms with van der Waals surface area (Å²) in [5.74, 6) is 0.605. The van der Waals surface area contributed by atoms with Crippen molar-refractivity contribution in [3.05, 3.63) is 23.8 Å². The second-order valence-electron chi connectivity index (χ2n) is 4.87. The summed E-state index contributed by atoms with van der Waals surface area (Å²) in [6.07, 6.45) is 7.54. The number of methoxy groups -OCH3 is 1. The van der Waals surface area contributed by atoms with Crippen molar-refractivity contribution in [1.29, 1.82) is 0 Å². The first kappa shape index (κ1) is 15.5. The predicted octanol–water partition coefficient (Wildman–Crippen LogP) is 4.04. The summed E-state index contributed by atoms with van der Waals surface area (Å²) in [6.45, 7) is 2.18. The lowest BCUT2D eigenvalue weighted by Crippen LogP contribution is -2.01. The Morgan fingerprint density at radius 1 is 1.26 bits per heavy atom. The number of carbonyl (C=O) groups is 1. The molecule has 3 heteroatoms. The highest BCUT2D eigenvalue weighted by atomic mass is 16.5. The van der Waals surface area contributed by atoms with Crippen molar-refractivity contribution >= 4 is 6.29 Å². The van der Waals surface area contributed by atoms with Gasteiger partial charge in [0, 0.05) is 11.5 Å². The lowest BCUT2D eigenvalue weighted by atomic mass is 9.93. The molecule has 3 nitrogen and oxygen atoms in total. The molecule has 1 unspecified atom stereocenters. The monoisotopic (exact) mass is 264 g/mol. The normalized spacial score (nSPS) is 12.1. The van der Waals surface area contributed by atoms with E-state index >= 15 is 0 Å². The Kier molecular flexibility index (Phi) is 7.01. The van der Waals surface area contributed by atoms with Gasteiger partial charge < -0.3 is 14.6 Å². The van der Waals surface area contributed by atoms with Crippen LogP contribution < -0.4 is 4.74 Å². The van der Waals surface area contributed by atoms with Crippen LogP contribution in [0.15, 0.2) is 18.2 Å². The van der Waals surface area contributed by atoms with E-state index in [0.29, 0.717) is 11.3 Å². The average molecular weight is 264 g/mol. The van der Waals surface area contributed by atoms with Gasteiger partial charge in [0.05, 0.1) is 7.11 Å². The van der Waals surface area contributed by atoms with Gasteiger partial charge in [0.1, 0.15) is 17.8 Å². The van der Waals surface area contributed by atoms with Crippen LogP contribution in [0.4, 0.5) is 0 Å². The number of aldehydes is 1. The quantitative estimate of drug-likeness (QED) is 0.541. The first-order valence-corrected chi connectivity index (χ1v) is 7.05. The van der Waals surface area contributed by atoms with Gasteiger partial charge in [0.2, 0.25) is 0 Å². The number of aromatic hydroxyl groups is 1. The minimum atomic E-state index is -0.239. The fourth-order valence-electron chi connectivity index (χ4n) is 2.22. The number of hydrogen-bond donors (Lipinski definition) is 1. The molecule has 19 heavy (non-hydrogen) atoms. The molecule has 0 amide bonds. The van der Waals surface area contributed by atoms with E-state index in [0.717, 1.165) is 25.5 Å². The molecule has 0 radical (unpaired) electrons. The molecule has 0 spiro atoms. The van der Waals surface area contributed by atoms with Crippen molar-refractivity contribution < 1.29 is 14.6 Å². The number of unbranched alkanes of at least 4 members (excludes halogenated alkanes) is 4. The van der Waals surface area contributed by atoms with E-state index in [-0.39, 0.29) is 11.7 Å². The molecule has 0 fully saturated rings. The molecule has 106 valence electrons. The number of benzene rings is 1. The summed E-state index contributed by atoms with van der Waals surface area (Å²) in [5, 5.41) is 9.86. The Bertz CT molecular complexity index is 388. The molecule has 0 aliphatic carbocycles. The Balaban J connectivity index is 2.61. The van der Waals surface area contributed by atoms with Crippen LogP contribution in [-0.4, -0.2) is 18.5 Å². The van der Waals surface area contributed by atoms with E-state index < -0.39 is 0 Å². The number of phenolic OH excluding ortho intramolecular Hbond substituents is 1. The molecule has 0 heterocycles. The largest absolute Gasteiger partial charge is 0.508 e. The molecule has 0 saturated carbocycles. The maximum absolute atomic E-state index is 11.2. The molecule has 0 aromatic heterocycles. The maximum Gasteiger partial charge on any atom is 0.127 e. The number of phenols is 1. The molecule has 1 aromatic carbocycles. The lowest BCUT2D eigenvalue weighted by molar-refractivity contribution is -0.109. The van der Waals surface area contributed by atoms with E-state index in [1.807, 2.05) is 0 Å². The summed E-state index contributed by atoms with van der Waals surface area (Å²) < 4.78 is 5.14. The van der Waals surface area contributed by atoms with Crippen LogP contribution in [0.5, 0.6) is 11.5 Å². The third kappa shape index (κ3) is 4.93. The Hall–Kier alpha value is -1.51. The molecule has 1 atom stereocenters. The van der Waals surface area contributed by atoms with Crippen LogP contribution >= 0.6 is 0 Å². The third-order valence-corrected chi connectivity index (χ3v) is 3.42. The molecule has 0 aliphatic rings. The van der Waals surface area contributed by atoms with E-state index in [2.05, 4.69) is 6.92 Å². The van der Waals surface area contributed by atoms with Crippen molar-refractivity contribution in [3.8, 4) is 11.5 Å². The number of rotatable bonds is 9. The minimum Gasteiger partial charge on any atom is -0.508 e. The van der Waals surface area contributed by atoms with Crippen LogP contribution in [0.1, 0.15) is 56.9 Å². The third-order valence-electron chi connectivity index (χ3n) is 3.42. The van der Waals surface area contributed by atoms with Crippen LogP contribution in [0.2, 0.25) is 0 Å². The van der Waals surface area contributed by atoms with Crippen molar-refractivity contribution in [2.75, 3.05) is 7.11 Å². The second kappa shape index (κ2) is 8.57. The van der Waals surface area contributed by atoms with Crippen LogP contribution in [0.25, 0.3) is 0 Å². The van der Waals surface area contributed by atoms with Gasteiger partial charge in [-0.1, -0.05) is 39.0 Å². The van der Waals surface area contributed by atoms with Gasteiger partial charge in [-0.15, -0.1) is 0 Å². The summed E-state index contributed by atoms with van der Waals surface area (Å²) in [5.41, 5.74) is 0.671. The summed E-state index contributed by atoms with van der Waals surface area (Å²) >= 11 is 0. The first-order chi connectivity index (χ1) is 9.22. The molecule has 0 bridgehead atoms. The van der Waals surface area contributed by atoms with Crippen LogP contribution in [0.3, 0.4) is 0 Å². The van der Waals surface area contributed by atoms with E-state index in [4.69, 9.17) is 4.74 Å². The van der Waals surface area contributed by atoms with Gasteiger partial charge in [-0.2, -0.15) is 0 Å². The zero-order valence-electron chi connectivity index (χ0n) is 11.9. The van der Waals surface area contributed by atoms with Gasteiger partial charge in [0.25, 0.3) is 0 Å². The Morgan fingerprint density at radius 3 is 2.63 bits per heavy atom. The topological polar surface area (TPSA) is 46.5 Å². The molecule has 1 N–H and O–H groups in total. The molecule has 0 aliphatic heterocycles. The highest BCUT2D eigenvalue weighted by molar-refractivity contribution is 5.65. The predicted molar refractivity (Wildman–Crippen MR) is 76.8 cm³/mol. The summed E-state index contributed by atoms with van der Waals surface area (Å²) in [7, 11) is 1.58. The summed E-state index contributed by atoms with van der Waals surface area (Å²) in [6, 6.07) is 5.03. The van der Waals surface area contributed by atoms with Crippen molar-refractivity contribution in [2.24, 2.45) is 0 Å². The number of ether oxygens (including phenoxy) is 1. The minimum absolute atomic E-state index is 0.173. The molecule has 0 saturated heterocycles. The smallest absolute Gasteiger partial charge is 0.127 e. The zero-order chi connectivity index (χ0) is 14.1. The van der Waals surface area contributed by atoms with Crippen molar-refractivity contribution in [1.82, 2.24) is 0 Å². The van der Waals surface area contributed by atoms with Gasteiger partial charge in [-0.05, 0) is 24.6 Å². The van der Waals surface area contributed by atoms with E-state index in [9.17, 15) is 9.90 Å². The van der Waals surface area contributed by atoms with Gasteiger partial charge in [-0.3, -0.25) is 0 Å². The van der Waals surface area contributed by atoms with Crippen LogP contribution in [-0.2, 0) is 4.79 Å². The van der Waals surface area contributed by atoms with E-state index in [1.165, 1.54) is 19.3 Å². The molecule has 1 aromatic rings. The van der Waals surface area contributed by atoms with Gasteiger partial charge in [-0.25, -0.2) is 0 Å². The zero-order valence-corrected chi connectivity index (χ0v) is 11.9. The number of carbonyl (C=O) groups excluding carboxylic acids is 1. The van der Waals surface area contributed by atoms with Gasteiger partial charge >= 0.3 is 0 Å². The second-order valence-corrected chi connectivity index (χ2v) is 4.87. The van der Waals surface area contributed by atoms with Crippen molar-refractivity contribution in [2.45, 2.75) is 51.4 Å². The maximum atomic E-state index is 11.2. The highest BCUT2D eigenvalue weighted by Crippen LogP contribution is 2.31. The molecular formula is C16H24O3. The SMILES string of the molecule is CCCCCCCC(C=O)c1cc(OC)ccc1O. The Labute approximate surface area is 115 Å². The van der Waals surface area contributed by atoms with Crippen LogP contribution in [0, 0.1) is 0 Å². The fraction of sp³-hybridized carbons (Fsp3) is 0.562. The Morgan fingerprint density at radius 2 is 2.00 bits per heavy atom. The average Bonchev–Trinajstić information content (AvgIpc) is 2.44. The highest BCUT2D eigenvalue weighted by Gasteiger charge is 2.15. The first-order valence-electron chi connectivity index (χ1n) is 7.05. The lowest BCUT2D eigenvalue weighted by Gasteiger charge is -2.13.